The molecule has 0 saturated heterocycles. The van der Waals surface area contributed by atoms with E-state index in [2.05, 4.69) is 111 Å². The lowest BCUT2D eigenvalue weighted by Crippen LogP contribution is -2.44. The molecule has 9 heteroatoms. The number of quaternary nitrogens is 1. The Balaban J connectivity index is 4.12. The van der Waals surface area contributed by atoms with Crippen LogP contribution in [0.5, 0.6) is 0 Å². The maximum atomic E-state index is 12.9. The van der Waals surface area contributed by atoms with Crippen molar-refractivity contribution in [3.63, 3.8) is 0 Å². The maximum Gasteiger partial charge on any atom is 0.306 e. The van der Waals surface area contributed by atoms with Crippen molar-refractivity contribution < 1.29 is 42.9 Å². The summed E-state index contributed by atoms with van der Waals surface area (Å²) < 4.78 is 22.7. The number of ether oxygens (including phenoxy) is 4. The fraction of sp³-hybridized carbons (Fsp3) is 0.729. The number of unbranched alkanes of at least 4 members (excludes halogenated alkanes) is 28. The molecule has 0 aliphatic heterocycles. The van der Waals surface area contributed by atoms with E-state index in [1.54, 1.807) is 0 Å². The molecule has 0 amide bonds. The molecular formula is C70H121NO8. The van der Waals surface area contributed by atoms with Crippen LogP contribution in [-0.4, -0.2) is 82.3 Å². The van der Waals surface area contributed by atoms with Gasteiger partial charge in [-0.1, -0.05) is 259 Å². The highest BCUT2D eigenvalue weighted by Gasteiger charge is 2.22. The van der Waals surface area contributed by atoms with E-state index < -0.39 is 24.3 Å². The number of carboxylic acid groups (broad SMARTS) is 1. The normalized spacial score (nSPS) is 13.4. The van der Waals surface area contributed by atoms with Gasteiger partial charge in [-0.05, 0) is 96.3 Å². The largest absolute Gasteiger partial charge is 0.545 e. The molecule has 0 heterocycles. The number of nitrogens with zero attached hydrogens (tertiary/aromatic N) is 1. The number of carbonyl (C=O) groups is 3. The number of hydrogen-bond acceptors (Lipinski definition) is 8. The van der Waals surface area contributed by atoms with Gasteiger partial charge in [0.05, 0.1) is 40.3 Å². The van der Waals surface area contributed by atoms with Crippen LogP contribution in [0.4, 0.5) is 0 Å². The molecule has 0 bridgehead atoms. The summed E-state index contributed by atoms with van der Waals surface area (Å²) in [7, 11) is 5.92. The first-order valence-corrected chi connectivity index (χ1v) is 32.4. The summed E-state index contributed by atoms with van der Waals surface area (Å²) >= 11 is 0. The zero-order valence-corrected chi connectivity index (χ0v) is 51.7. The topological polar surface area (TPSA) is 111 Å². The molecule has 0 radical (unpaired) electrons. The quantitative estimate of drug-likeness (QED) is 0.0195. The minimum Gasteiger partial charge on any atom is -0.545 e. The van der Waals surface area contributed by atoms with E-state index in [1.807, 2.05) is 21.1 Å². The summed E-state index contributed by atoms with van der Waals surface area (Å²) in [4.78, 5) is 37.4. The molecule has 0 aromatic heterocycles. The Labute approximate surface area is 486 Å². The monoisotopic (exact) mass is 1100 g/mol. The molecule has 0 aliphatic carbocycles. The number of carboxylic acids is 1. The van der Waals surface area contributed by atoms with Gasteiger partial charge in [0.15, 0.2) is 12.4 Å². The Morgan fingerprint density at radius 2 is 0.722 bits per heavy atom. The molecule has 0 fully saturated rings. The van der Waals surface area contributed by atoms with Crippen molar-refractivity contribution in [2.75, 3.05) is 47.5 Å². The maximum absolute atomic E-state index is 12.9. The first kappa shape index (κ1) is 75.2. The van der Waals surface area contributed by atoms with Crippen LogP contribution in [0, 0.1) is 0 Å². The molecule has 0 spiro atoms. The highest BCUT2D eigenvalue weighted by atomic mass is 16.7. The Morgan fingerprint density at radius 1 is 0.392 bits per heavy atom. The molecular weight excluding hydrogens is 983 g/mol. The van der Waals surface area contributed by atoms with E-state index in [1.165, 1.54) is 154 Å². The zero-order valence-electron chi connectivity index (χ0n) is 51.7. The highest BCUT2D eigenvalue weighted by Crippen LogP contribution is 2.17. The number of rotatable bonds is 59. The van der Waals surface area contributed by atoms with Gasteiger partial charge in [-0.2, -0.15) is 0 Å². The van der Waals surface area contributed by atoms with Crippen LogP contribution in [0.3, 0.4) is 0 Å². The summed E-state index contributed by atoms with van der Waals surface area (Å²) in [5, 5.41) is 11.8. The average molecular weight is 1100 g/mol. The molecule has 0 saturated carbocycles. The second-order valence-corrected chi connectivity index (χ2v) is 22.7. The molecule has 79 heavy (non-hydrogen) atoms. The smallest absolute Gasteiger partial charge is 0.306 e. The molecule has 0 rings (SSSR count). The number of hydrogen-bond donors (Lipinski definition) is 0. The Bertz CT molecular complexity index is 1620. The molecule has 0 N–H and O–H groups in total. The van der Waals surface area contributed by atoms with E-state index in [9.17, 15) is 19.5 Å². The van der Waals surface area contributed by atoms with Crippen LogP contribution in [0.1, 0.15) is 271 Å². The number of carbonyl (C=O) groups excluding carboxylic acids is 3. The lowest BCUT2D eigenvalue weighted by Gasteiger charge is -2.26. The van der Waals surface area contributed by atoms with Crippen molar-refractivity contribution in [2.24, 2.45) is 0 Å². The van der Waals surface area contributed by atoms with Crippen LogP contribution in [0.2, 0.25) is 0 Å². The Hall–Kier alpha value is -3.79. The van der Waals surface area contributed by atoms with Crippen LogP contribution in [0.15, 0.2) is 97.2 Å². The number of likely N-dealkylation sites (N-methyl/N-ethyl adjacent to an activating group) is 1. The van der Waals surface area contributed by atoms with E-state index in [4.69, 9.17) is 18.9 Å². The van der Waals surface area contributed by atoms with Gasteiger partial charge in [0.1, 0.15) is 13.2 Å². The molecule has 454 valence electrons. The third kappa shape index (κ3) is 61.7. The fourth-order valence-corrected chi connectivity index (χ4v) is 8.87. The molecule has 0 aliphatic rings. The summed E-state index contributed by atoms with van der Waals surface area (Å²) in [5.74, 6) is -2.28. The average Bonchev–Trinajstić information content (AvgIpc) is 3.42. The van der Waals surface area contributed by atoms with Gasteiger partial charge in [0, 0.05) is 12.8 Å². The van der Waals surface area contributed by atoms with Crippen LogP contribution < -0.4 is 5.11 Å². The first-order chi connectivity index (χ1) is 38.6. The van der Waals surface area contributed by atoms with Gasteiger partial charge in [0.2, 0.25) is 0 Å². The zero-order chi connectivity index (χ0) is 57.6. The Kier molecular flexibility index (Phi) is 57.4. The standard InChI is InChI=1S/C70H121NO8/c1-6-8-10-12-14-16-18-20-22-24-26-27-28-29-30-31-32-33-34-35-36-37-38-39-40-41-43-45-47-49-51-53-55-57-59-61-68(73)79-66(65-78-70(69(74)75)76-63-62-71(3,4)5)64-77-67(72)60-58-56-54-52-50-48-46-44-42-25-23-21-19-17-15-13-11-9-7-2/h8,10,14-17,20-23,26-27,29-30,32-33,66,70H,6-7,9,11-13,18-19,24-25,28,31,34-65H2,1-5H3/b10-8-,16-14-,17-15-,22-20-,23-21-,27-26-,30-29-,33-32-. The second-order valence-electron chi connectivity index (χ2n) is 22.7. The van der Waals surface area contributed by atoms with Gasteiger partial charge in [-0.15, -0.1) is 0 Å². The summed E-state index contributed by atoms with van der Waals surface area (Å²) in [5.41, 5.74) is 0. The first-order valence-electron chi connectivity index (χ1n) is 32.4. The predicted molar refractivity (Wildman–Crippen MR) is 334 cm³/mol. The van der Waals surface area contributed by atoms with Crippen molar-refractivity contribution in [3.8, 4) is 0 Å². The summed E-state index contributed by atoms with van der Waals surface area (Å²) in [6.07, 6.45) is 79.0. The Morgan fingerprint density at radius 3 is 1.08 bits per heavy atom. The second kappa shape index (κ2) is 60.3. The molecule has 9 nitrogen and oxygen atoms in total. The highest BCUT2D eigenvalue weighted by molar-refractivity contribution is 5.70. The summed E-state index contributed by atoms with van der Waals surface area (Å²) in [6, 6.07) is 0. The molecule has 2 unspecified atom stereocenters. The molecule has 2 atom stereocenters. The molecule has 0 aromatic carbocycles. The van der Waals surface area contributed by atoms with Crippen molar-refractivity contribution in [1.82, 2.24) is 0 Å². The van der Waals surface area contributed by atoms with Gasteiger partial charge >= 0.3 is 11.9 Å². The number of allylic oxidation sites excluding steroid dienone is 16. The third-order valence-electron chi connectivity index (χ3n) is 13.8. The lowest BCUT2D eigenvalue weighted by molar-refractivity contribution is -0.870. The van der Waals surface area contributed by atoms with Gasteiger partial charge < -0.3 is 33.3 Å². The van der Waals surface area contributed by atoms with E-state index in [0.29, 0.717) is 17.4 Å². The van der Waals surface area contributed by atoms with Gasteiger partial charge in [0.25, 0.3) is 0 Å². The number of aliphatic carboxylic acids is 1. The van der Waals surface area contributed by atoms with Gasteiger partial charge in [-0.3, -0.25) is 9.59 Å². The summed E-state index contributed by atoms with van der Waals surface area (Å²) in [6.45, 7) is 4.62. The van der Waals surface area contributed by atoms with Crippen LogP contribution >= 0.6 is 0 Å². The predicted octanol–water partition coefficient (Wildman–Crippen LogP) is 18.4. The van der Waals surface area contributed by atoms with Crippen molar-refractivity contribution in [2.45, 2.75) is 283 Å². The lowest BCUT2D eigenvalue weighted by atomic mass is 10.0. The minimum atomic E-state index is -1.63. The van der Waals surface area contributed by atoms with E-state index in [-0.39, 0.29) is 38.6 Å². The fourth-order valence-electron chi connectivity index (χ4n) is 8.87. The van der Waals surface area contributed by atoms with Crippen molar-refractivity contribution >= 4 is 17.9 Å². The van der Waals surface area contributed by atoms with Crippen molar-refractivity contribution in [1.29, 1.82) is 0 Å². The van der Waals surface area contributed by atoms with E-state index in [0.717, 1.165) is 83.5 Å². The van der Waals surface area contributed by atoms with Crippen LogP contribution in [-0.2, 0) is 33.3 Å². The molecule has 0 aromatic rings. The van der Waals surface area contributed by atoms with Crippen molar-refractivity contribution in [3.05, 3.63) is 97.2 Å². The third-order valence-corrected chi connectivity index (χ3v) is 13.8. The number of esters is 2. The van der Waals surface area contributed by atoms with E-state index >= 15 is 0 Å². The minimum absolute atomic E-state index is 0.144. The van der Waals surface area contributed by atoms with Gasteiger partial charge in [-0.25, -0.2) is 0 Å². The van der Waals surface area contributed by atoms with Crippen LogP contribution in [0.25, 0.3) is 0 Å². The SMILES string of the molecule is CC/C=C\C/C=C\C/C=C\C/C=C\C/C=C\C/C=C\CCCCCCCCCCCCCCCCCCC(=O)OC(COC(=O)CCCCCCCCCCC/C=C\C/C=C\CCCCC)COC(OCC[N+](C)(C)C)C(=O)[O-].